The lowest BCUT2D eigenvalue weighted by atomic mass is 10.1. The van der Waals surface area contributed by atoms with E-state index in [9.17, 15) is 5.26 Å². The Bertz CT molecular complexity index is 501. The molecule has 21 heavy (non-hydrogen) atoms. The zero-order chi connectivity index (χ0) is 15.2. The van der Waals surface area contributed by atoms with E-state index in [1.54, 1.807) is 0 Å². The second-order valence-corrected chi connectivity index (χ2v) is 6.01. The van der Waals surface area contributed by atoms with E-state index in [2.05, 4.69) is 36.2 Å². The van der Waals surface area contributed by atoms with Gasteiger partial charge in [0.15, 0.2) is 0 Å². The highest BCUT2D eigenvalue weighted by atomic mass is 16.5. The highest BCUT2D eigenvalue weighted by Gasteiger charge is 2.19. The molecule has 1 saturated heterocycles. The molecule has 1 aliphatic heterocycles. The molecule has 0 aromatic heterocycles. The molecular formula is C17H25N3O. The van der Waals surface area contributed by atoms with Crippen LogP contribution in [0.5, 0.6) is 0 Å². The quantitative estimate of drug-likeness (QED) is 0.874. The molecule has 0 amide bonds. The van der Waals surface area contributed by atoms with Crippen LogP contribution in [-0.4, -0.2) is 32.3 Å². The molecule has 0 radical (unpaired) electrons. The molecule has 0 aliphatic carbocycles. The number of hydrogen-bond acceptors (Lipinski definition) is 4. The normalized spacial score (nSPS) is 18.0. The lowest BCUT2D eigenvalue weighted by molar-refractivity contribution is 0.116. The van der Waals surface area contributed by atoms with Gasteiger partial charge in [0, 0.05) is 32.8 Å². The van der Waals surface area contributed by atoms with Crippen molar-refractivity contribution >= 4 is 5.69 Å². The van der Waals surface area contributed by atoms with Crippen LogP contribution in [0.3, 0.4) is 0 Å². The number of benzene rings is 1. The average Bonchev–Trinajstić information content (AvgIpc) is 2.97. The van der Waals surface area contributed by atoms with Crippen molar-refractivity contribution in [1.29, 1.82) is 5.26 Å². The van der Waals surface area contributed by atoms with E-state index in [1.165, 1.54) is 0 Å². The zero-order valence-electron chi connectivity index (χ0n) is 13.2. The maximum atomic E-state index is 9.40. The minimum atomic E-state index is 0.295. The summed E-state index contributed by atoms with van der Waals surface area (Å²) in [7, 11) is 2.03. The van der Waals surface area contributed by atoms with Gasteiger partial charge >= 0.3 is 0 Å². The highest BCUT2D eigenvalue weighted by Crippen LogP contribution is 2.23. The third kappa shape index (κ3) is 4.45. The fraction of sp³-hybridized carbons (Fsp3) is 0.588. The van der Waals surface area contributed by atoms with Gasteiger partial charge in [0.25, 0.3) is 0 Å². The fourth-order valence-corrected chi connectivity index (χ4v) is 2.63. The Morgan fingerprint density at radius 1 is 1.48 bits per heavy atom. The van der Waals surface area contributed by atoms with Crippen molar-refractivity contribution in [3.63, 3.8) is 0 Å². The minimum absolute atomic E-state index is 0.295. The molecule has 4 nitrogen and oxygen atoms in total. The predicted molar refractivity (Wildman–Crippen MR) is 85.4 cm³/mol. The summed E-state index contributed by atoms with van der Waals surface area (Å²) >= 11 is 0. The second kappa shape index (κ2) is 7.44. The Balaban J connectivity index is 2.06. The molecule has 1 aromatic rings. The monoisotopic (exact) mass is 287 g/mol. The summed E-state index contributed by atoms with van der Waals surface area (Å²) < 4.78 is 5.67. The van der Waals surface area contributed by atoms with E-state index in [4.69, 9.17) is 4.74 Å². The van der Waals surface area contributed by atoms with Crippen molar-refractivity contribution in [3.8, 4) is 6.07 Å². The summed E-state index contributed by atoms with van der Waals surface area (Å²) in [5, 5.41) is 12.8. The Labute approximate surface area is 127 Å². The first-order valence-electron chi connectivity index (χ1n) is 7.69. The molecule has 1 aromatic carbocycles. The van der Waals surface area contributed by atoms with E-state index >= 15 is 0 Å². The van der Waals surface area contributed by atoms with Crippen molar-refractivity contribution in [2.75, 3.05) is 25.1 Å². The standard InChI is InChI=1S/C17H25N3O/c1-13(2)19-11-14-6-7-17(15(9-14)10-18)20(3)12-16-5-4-8-21-16/h6-7,9,13,16,19H,4-5,8,11-12H2,1-3H3. The number of rotatable bonds is 6. The molecule has 1 heterocycles. The van der Waals surface area contributed by atoms with Crippen LogP contribution in [-0.2, 0) is 11.3 Å². The summed E-state index contributed by atoms with van der Waals surface area (Å²) in [6.07, 6.45) is 2.55. The number of nitriles is 1. The van der Waals surface area contributed by atoms with Crippen LogP contribution < -0.4 is 10.2 Å². The van der Waals surface area contributed by atoms with Crippen LogP contribution >= 0.6 is 0 Å². The van der Waals surface area contributed by atoms with Crippen molar-refractivity contribution in [3.05, 3.63) is 29.3 Å². The van der Waals surface area contributed by atoms with E-state index in [0.717, 1.165) is 49.4 Å². The first kappa shape index (κ1) is 15.8. The van der Waals surface area contributed by atoms with Crippen LogP contribution in [0.15, 0.2) is 18.2 Å². The van der Waals surface area contributed by atoms with Crippen LogP contribution in [0.25, 0.3) is 0 Å². The van der Waals surface area contributed by atoms with Crippen molar-refractivity contribution in [2.45, 2.75) is 45.4 Å². The Morgan fingerprint density at radius 3 is 2.90 bits per heavy atom. The smallest absolute Gasteiger partial charge is 0.101 e. The van der Waals surface area contributed by atoms with Gasteiger partial charge in [0.2, 0.25) is 0 Å². The van der Waals surface area contributed by atoms with Crippen molar-refractivity contribution in [1.82, 2.24) is 5.32 Å². The van der Waals surface area contributed by atoms with Crippen molar-refractivity contribution in [2.24, 2.45) is 0 Å². The SMILES string of the molecule is CC(C)NCc1ccc(N(C)CC2CCCO2)c(C#N)c1. The molecule has 0 bridgehead atoms. The Hall–Kier alpha value is -1.57. The van der Waals surface area contributed by atoms with Crippen LogP contribution in [0.2, 0.25) is 0 Å². The van der Waals surface area contributed by atoms with Crippen LogP contribution in [0.4, 0.5) is 5.69 Å². The van der Waals surface area contributed by atoms with Crippen LogP contribution in [0.1, 0.15) is 37.8 Å². The highest BCUT2D eigenvalue weighted by molar-refractivity contribution is 5.60. The number of nitrogens with zero attached hydrogens (tertiary/aromatic N) is 2. The molecule has 1 unspecified atom stereocenters. The summed E-state index contributed by atoms with van der Waals surface area (Å²) in [6, 6.07) is 8.89. The maximum absolute atomic E-state index is 9.40. The van der Waals surface area contributed by atoms with Gasteiger partial charge < -0.3 is 15.0 Å². The summed E-state index contributed by atoms with van der Waals surface area (Å²) in [6.45, 7) is 6.74. The first-order chi connectivity index (χ1) is 10.1. The molecule has 1 aliphatic rings. The largest absolute Gasteiger partial charge is 0.376 e. The molecule has 114 valence electrons. The fourth-order valence-electron chi connectivity index (χ4n) is 2.63. The lowest BCUT2D eigenvalue weighted by Gasteiger charge is -2.24. The van der Waals surface area contributed by atoms with Gasteiger partial charge in [-0.1, -0.05) is 19.9 Å². The minimum Gasteiger partial charge on any atom is -0.376 e. The number of nitrogens with one attached hydrogen (secondary N) is 1. The van der Waals surface area contributed by atoms with Gasteiger partial charge in [-0.3, -0.25) is 0 Å². The zero-order valence-corrected chi connectivity index (χ0v) is 13.2. The second-order valence-electron chi connectivity index (χ2n) is 6.01. The first-order valence-corrected chi connectivity index (χ1v) is 7.69. The maximum Gasteiger partial charge on any atom is 0.101 e. The molecule has 1 fully saturated rings. The van der Waals surface area contributed by atoms with E-state index in [0.29, 0.717) is 12.1 Å². The van der Waals surface area contributed by atoms with Gasteiger partial charge in [0.05, 0.1) is 17.4 Å². The molecule has 4 heteroatoms. The number of likely N-dealkylation sites (N-methyl/N-ethyl adjacent to an activating group) is 1. The van der Waals surface area contributed by atoms with Crippen LogP contribution in [0, 0.1) is 11.3 Å². The molecule has 0 spiro atoms. The van der Waals surface area contributed by atoms with Gasteiger partial charge in [-0.25, -0.2) is 0 Å². The molecule has 2 rings (SSSR count). The Kier molecular flexibility index (Phi) is 5.60. The van der Waals surface area contributed by atoms with E-state index in [1.807, 2.05) is 19.2 Å². The number of ether oxygens (including phenoxy) is 1. The third-order valence-electron chi connectivity index (χ3n) is 3.81. The van der Waals surface area contributed by atoms with E-state index < -0.39 is 0 Å². The Morgan fingerprint density at radius 2 is 2.29 bits per heavy atom. The topological polar surface area (TPSA) is 48.3 Å². The average molecular weight is 287 g/mol. The predicted octanol–water partition coefficient (Wildman–Crippen LogP) is 2.67. The van der Waals surface area contributed by atoms with Crippen molar-refractivity contribution < 1.29 is 4.74 Å². The number of anilines is 1. The van der Waals surface area contributed by atoms with Gasteiger partial charge in [-0.05, 0) is 30.5 Å². The van der Waals surface area contributed by atoms with E-state index in [-0.39, 0.29) is 0 Å². The molecule has 0 saturated carbocycles. The summed E-state index contributed by atoms with van der Waals surface area (Å²) in [5.41, 5.74) is 2.87. The van der Waals surface area contributed by atoms with Gasteiger partial charge in [-0.15, -0.1) is 0 Å². The lowest BCUT2D eigenvalue weighted by Crippen LogP contribution is -2.29. The molecule has 1 N–H and O–H groups in total. The summed E-state index contributed by atoms with van der Waals surface area (Å²) in [4.78, 5) is 2.13. The molecular weight excluding hydrogens is 262 g/mol. The molecule has 1 atom stereocenters. The van der Waals surface area contributed by atoms with Gasteiger partial charge in [0.1, 0.15) is 6.07 Å². The third-order valence-corrected chi connectivity index (χ3v) is 3.81. The van der Waals surface area contributed by atoms with Gasteiger partial charge in [-0.2, -0.15) is 5.26 Å². The number of hydrogen-bond donors (Lipinski definition) is 1. The summed E-state index contributed by atoms with van der Waals surface area (Å²) in [5.74, 6) is 0.